The summed E-state index contributed by atoms with van der Waals surface area (Å²) in [6.45, 7) is 4.03. The van der Waals surface area contributed by atoms with Crippen molar-refractivity contribution in [2.75, 3.05) is 5.32 Å². The molecule has 1 unspecified atom stereocenters. The van der Waals surface area contributed by atoms with E-state index in [1.807, 2.05) is 12.3 Å². The molecule has 0 radical (unpaired) electrons. The van der Waals surface area contributed by atoms with Crippen molar-refractivity contribution in [3.63, 3.8) is 0 Å². The number of anilines is 1. The second kappa shape index (κ2) is 6.83. The number of hydrogen-bond donors (Lipinski definition) is 1. The Hall–Kier alpha value is -3.05. The van der Waals surface area contributed by atoms with Gasteiger partial charge in [-0.1, -0.05) is 6.92 Å². The van der Waals surface area contributed by atoms with E-state index >= 15 is 0 Å². The summed E-state index contributed by atoms with van der Waals surface area (Å²) in [6.07, 6.45) is 0.892. The SMILES string of the molecule is CCc1nc(C(C)Nc2cc(C#N)c3cc([N+](=O)[O-])ccc3n2)cs1. The molecule has 0 bridgehead atoms. The van der Waals surface area contributed by atoms with Gasteiger partial charge in [-0.05, 0) is 25.5 Å². The van der Waals surface area contributed by atoms with Crippen molar-refractivity contribution in [3.8, 4) is 6.07 Å². The Balaban J connectivity index is 1.95. The van der Waals surface area contributed by atoms with Crippen molar-refractivity contribution < 1.29 is 4.92 Å². The molecule has 0 fully saturated rings. The molecule has 2 aromatic heterocycles. The number of rotatable bonds is 5. The lowest BCUT2D eigenvalue weighted by Crippen LogP contribution is -2.09. The van der Waals surface area contributed by atoms with Crippen LogP contribution >= 0.6 is 11.3 Å². The fraction of sp³-hybridized carbons (Fsp3) is 0.235. The Morgan fingerprint density at radius 2 is 2.20 bits per heavy atom. The van der Waals surface area contributed by atoms with Crippen LogP contribution in [0.3, 0.4) is 0 Å². The normalized spacial score (nSPS) is 11.9. The maximum Gasteiger partial charge on any atom is 0.270 e. The van der Waals surface area contributed by atoms with Gasteiger partial charge in [-0.15, -0.1) is 11.3 Å². The molecule has 8 heteroatoms. The molecule has 0 aliphatic carbocycles. The first kappa shape index (κ1) is 16.8. The highest BCUT2D eigenvalue weighted by Gasteiger charge is 2.14. The van der Waals surface area contributed by atoms with E-state index in [9.17, 15) is 15.4 Å². The van der Waals surface area contributed by atoms with Gasteiger partial charge in [-0.25, -0.2) is 9.97 Å². The molecule has 126 valence electrons. The van der Waals surface area contributed by atoms with E-state index in [0.29, 0.717) is 22.3 Å². The molecule has 1 atom stereocenters. The third-order valence-corrected chi connectivity index (χ3v) is 4.81. The molecule has 3 rings (SSSR count). The van der Waals surface area contributed by atoms with Crippen LogP contribution in [0.25, 0.3) is 10.9 Å². The minimum atomic E-state index is -0.484. The lowest BCUT2D eigenvalue weighted by atomic mass is 10.1. The molecule has 1 N–H and O–H groups in total. The second-order valence-electron chi connectivity index (χ2n) is 5.51. The largest absolute Gasteiger partial charge is 0.362 e. The van der Waals surface area contributed by atoms with Crippen LogP contribution in [0.4, 0.5) is 11.5 Å². The molecule has 3 aromatic rings. The van der Waals surface area contributed by atoms with Gasteiger partial charge in [0.15, 0.2) is 0 Å². The first-order valence-electron chi connectivity index (χ1n) is 7.72. The van der Waals surface area contributed by atoms with Crippen molar-refractivity contribution in [3.05, 3.63) is 56.0 Å². The molecule has 0 aliphatic heterocycles. The molecule has 1 aromatic carbocycles. The summed E-state index contributed by atoms with van der Waals surface area (Å²) < 4.78 is 0. The van der Waals surface area contributed by atoms with Crippen LogP contribution in [0.15, 0.2) is 29.6 Å². The predicted octanol–water partition coefficient (Wildman–Crippen LogP) is 4.21. The monoisotopic (exact) mass is 353 g/mol. The van der Waals surface area contributed by atoms with Crippen LogP contribution in [0, 0.1) is 21.4 Å². The molecule has 0 amide bonds. The number of nitro benzene ring substituents is 1. The molecule has 0 aliphatic rings. The van der Waals surface area contributed by atoms with Gasteiger partial charge in [0.25, 0.3) is 5.69 Å². The Kier molecular flexibility index (Phi) is 4.59. The number of fused-ring (bicyclic) bond motifs is 1. The lowest BCUT2D eigenvalue weighted by Gasteiger charge is -2.13. The summed E-state index contributed by atoms with van der Waals surface area (Å²) in [6, 6.07) is 7.95. The van der Waals surface area contributed by atoms with Gasteiger partial charge in [0.1, 0.15) is 5.82 Å². The second-order valence-corrected chi connectivity index (χ2v) is 6.45. The molecular formula is C17H15N5O2S. The highest BCUT2D eigenvalue weighted by Crippen LogP contribution is 2.27. The number of hydrogen-bond acceptors (Lipinski definition) is 7. The van der Waals surface area contributed by atoms with Gasteiger partial charge >= 0.3 is 0 Å². The van der Waals surface area contributed by atoms with Crippen LogP contribution < -0.4 is 5.32 Å². The topological polar surface area (TPSA) is 105 Å². The van der Waals surface area contributed by atoms with Crippen molar-refractivity contribution in [2.45, 2.75) is 26.3 Å². The average Bonchev–Trinajstić information content (AvgIpc) is 3.09. The average molecular weight is 353 g/mol. The smallest absolute Gasteiger partial charge is 0.270 e. The fourth-order valence-electron chi connectivity index (χ4n) is 2.48. The Morgan fingerprint density at radius 1 is 1.40 bits per heavy atom. The number of nitrogens with one attached hydrogen (secondary N) is 1. The zero-order valence-corrected chi connectivity index (χ0v) is 14.5. The summed E-state index contributed by atoms with van der Waals surface area (Å²) >= 11 is 1.62. The van der Waals surface area contributed by atoms with Gasteiger partial charge in [0, 0.05) is 22.9 Å². The number of aryl methyl sites for hydroxylation is 1. The van der Waals surface area contributed by atoms with Gasteiger partial charge < -0.3 is 5.32 Å². The van der Waals surface area contributed by atoms with E-state index in [-0.39, 0.29) is 11.7 Å². The molecule has 0 saturated carbocycles. The molecule has 0 saturated heterocycles. The van der Waals surface area contributed by atoms with Crippen molar-refractivity contribution >= 4 is 33.7 Å². The minimum Gasteiger partial charge on any atom is -0.362 e. The standard InChI is InChI=1S/C17H15N5O2S/c1-3-17-21-15(9-25-17)10(2)19-16-6-11(8-18)13-7-12(22(23)24)4-5-14(13)20-16/h4-7,9-10H,3H2,1-2H3,(H,19,20). The number of nitrogens with zero attached hydrogens (tertiary/aromatic N) is 4. The fourth-order valence-corrected chi connectivity index (χ4v) is 3.31. The lowest BCUT2D eigenvalue weighted by molar-refractivity contribution is -0.384. The van der Waals surface area contributed by atoms with Crippen molar-refractivity contribution in [1.29, 1.82) is 5.26 Å². The summed E-state index contributed by atoms with van der Waals surface area (Å²) in [5.41, 5.74) is 1.74. The maximum atomic E-state index is 10.9. The first-order chi connectivity index (χ1) is 12.0. The highest BCUT2D eigenvalue weighted by molar-refractivity contribution is 7.09. The van der Waals surface area contributed by atoms with Gasteiger partial charge in [-0.3, -0.25) is 10.1 Å². The summed E-state index contributed by atoms with van der Waals surface area (Å²) in [7, 11) is 0. The summed E-state index contributed by atoms with van der Waals surface area (Å²) in [5, 5.41) is 27.1. The maximum absolute atomic E-state index is 10.9. The predicted molar refractivity (Wildman–Crippen MR) is 96.6 cm³/mol. The van der Waals surface area contributed by atoms with E-state index in [1.54, 1.807) is 23.5 Å². The molecule has 0 spiro atoms. The highest BCUT2D eigenvalue weighted by atomic mass is 32.1. The van der Waals surface area contributed by atoms with Crippen molar-refractivity contribution in [1.82, 2.24) is 9.97 Å². The van der Waals surface area contributed by atoms with E-state index in [4.69, 9.17) is 0 Å². The van der Waals surface area contributed by atoms with Crippen LogP contribution in [0.2, 0.25) is 0 Å². The molecule has 25 heavy (non-hydrogen) atoms. The molecule has 7 nitrogen and oxygen atoms in total. The Bertz CT molecular complexity index is 992. The number of benzene rings is 1. The van der Waals surface area contributed by atoms with E-state index < -0.39 is 4.92 Å². The quantitative estimate of drug-likeness (QED) is 0.544. The van der Waals surface area contributed by atoms with Gasteiger partial charge in [0.2, 0.25) is 0 Å². The van der Waals surface area contributed by atoms with Crippen LogP contribution in [0.1, 0.15) is 36.2 Å². The Labute approximate surface area is 148 Å². The number of thiazole rings is 1. The zero-order valence-electron chi connectivity index (χ0n) is 13.7. The Morgan fingerprint density at radius 3 is 2.84 bits per heavy atom. The van der Waals surface area contributed by atoms with Crippen LogP contribution in [-0.2, 0) is 6.42 Å². The molecule has 2 heterocycles. The number of nitriles is 1. The third kappa shape index (κ3) is 3.41. The number of pyridine rings is 1. The minimum absolute atomic E-state index is 0.0607. The molecular weight excluding hydrogens is 338 g/mol. The van der Waals surface area contributed by atoms with Crippen LogP contribution in [-0.4, -0.2) is 14.9 Å². The van der Waals surface area contributed by atoms with Gasteiger partial charge in [-0.2, -0.15) is 5.26 Å². The number of non-ortho nitro benzene ring substituents is 1. The number of aromatic nitrogens is 2. The van der Waals surface area contributed by atoms with E-state index in [0.717, 1.165) is 17.1 Å². The first-order valence-corrected chi connectivity index (χ1v) is 8.60. The third-order valence-electron chi connectivity index (χ3n) is 3.80. The van der Waals surface area contributed by atoms with Crippen molar-refractivity contribution in [2.24, 2.45) is 0 Å². The summed E-state index contributed by atoms with van der Waals surface area (Å²) in [4.78, 5) is 19.5. The van der Waals surface area contributed by atoms with E-state index in [2.05, 4.69) is 28.3 Å². The van der Waals surface area contributed by atoms with Crippen LogP contribution in [0.5, 0.6) is 0 Å². The zero-order chi connectivity index (χ0) is 18.0. The van der Waals surface area contributed by atoms with E-state index in [1.165, 1.54) is 12.1 Å². The summed E-state index contributed by atoms with van der Waals surface area (Å²) in [5.74, 6) is 0.538. The number of nitro groups is 1. The van der Waals surface area contributed by atoms with Gasteiger partial charge in [0.05, 0.1) is 38.8 Å².